The Balaban J connectivity index is 1.44. The van der Waals surface area contributed by atoms with E-state index in [9.17, 15) is 18.4 Å². The highest BCUT2D eigenvalue weighted by molar-refractivity contribution is 8.00. The Bertz CT molecular complexity index is 1130. The lowest BCUT2D eigenvalue weighted by molar-refractivity contribution is -0.127. The largest absolute Gasteiger partial charge is 0.278 e. The minimum Gasteiger partial charge on any atom is -0.278 e. The third-order valence-electron chi connectivity index (χ3n) is 5.01. The summed E-state index contributed by atoms with van der Waals surface area (Å²) in [5, 5.41) is 6.87. The monoisotopic (exact) mass is 454 g/mol. The fraction of sp³-hybridized carbons (Fsp3) is 0.217. The number of aromatic nitrogens is 3. The second kappa shape index (κ2) is 9.86. The SMILES string of the molecule is O=C(c1ccc(F)cc1)N1CCCCC(Sc2n[nH]c(/C=C/c3ccc(F)cc3)n2)C1=O. The summed E-state index contributed by atoms with van der Waals surface area (Å²) in [7, 11) is 0. The second-order valence-corrected chi connectivity index (χ2v) is 8.46. The number of H-pyrrole nitrogens is 1. The Morgan fingerprint density at radius 2 is 1.72 bits per heavy atom. The molecule has 0 bridgehead atoms. The van der Waals surface area contributed by atoms with Crippen molar-refractivity contribution in [2.75, 3.05) is 6.54 Å². The Labute approximate surface area is 187 Å². The molecule has 1 N–H and O–H groups in total. The van der Waals surface area contributed by atoms with Crippen molar-refractivity contribution in [2.24, 2.45) is 0 Å². The number of rotatable bonds is 5. The molecule has 3 aromatic rings. The Morgan fingerprint density at radius 1 is 1.03 bits per heavy atom. The summed E-state index contributed by atoms with van der Waals surface area (Å²) in [4.78, 5) is 31.5. The predicted molar refractivity (Wildman–Crippen MR) is 118 cm³/mol. The van der Waals surface area contributed by atoms with Gasteiger partial charge in [0.2, 0.25) is 11.1 Å². The summed E-state index contributed by atoms with van der Waals surface area (Å²) in [6, 6.07) is 11.2. The number of hydrogen-bond donors (Lipinski definition) is 1. The predicted octanol–water partition coefficient (Wildman–Crippen LogP) is 4.57. The first-order chi connectivity index (χ1) is 15.5. The van der Waals surface area contributed by atoms with Crippen LogP contribution >= 0.6 is 11.8 Å². The molecule has 2 heterocycles. The summed E-state index contributed by atoms with van der Waals surface area (Å²) in [6.45, 7) is 0.325. The zero-order chi connectivity index (χ0) is 22.5. The maximum atomic E-state index is 13.2. The van der Waals surface area contributed by atoms with Gasteiger partial charge in [-0.3, -0.25) is 19.6 Å². The van der Waals surface area contributed by atoms with Crippen LogP contribution in [0, 0.1) is 11.6 Å². The van der Waals surface area contributed by atoms with E-state index in [0.29, 0.717) is 30.4 Å². The van der Waals surface area contributed by atoms with Crippen LogP contribution in [-0.4, -0.2) is 43.7 Å². The molecule has 1 saturated heterocycles. The number of amides is 2. The summed E-state index contributed by atoms with van der Waals surface area (Å²) in [5.41, 5.74) is 1.09. The van der Waals surface area contributed by atoms with Gasteiger partial charge in [-0.1, -0.05) is 36.4 Å². The number of imide groups is 1. The van der Waals surface area contributed by atoms with Crippen LogP contribution in [0.15, 0.2) is 53.7 Å². The molecule has 1 aromatic heterocycles. The molecule has 2 amide bonds. The summed E-state index contributed by atoms with van der Waals surface area (Å²) in [5.74, 6) is -0.973. The third kappa shape index (κ3) is 5.28. The molecular weight excluding hydrogens is 434 g/mol. The molecule has 9 heteroatoms. The summed E-state index contributed by atoms with van der Waals surface area (Å²) < 4.78 is 26.2. The molecular formula is C23H20F2N4O2S. The Hall–Kier alpha value is -3.33. The van der Waals surface area contributed by atoms with Crippen molar-refractivity contribution >= 4 is 35.7 Å². The van der Waals surface area contributed by atoms with Crippen molar-refractivity contribution in [1.82, 2.24) is 20.1 Å². The molecule has 1 aliphatic rings. The molecule has 32 heavy (non-hydrogen) atoms. The normalized spacial score (nSPS) is 17.0. The van der Waals surface area contributed by atoms with Crippen LogP contribution in [0.2, 0.25) is 0 Å². The van der Waals surface area contributed by atoms with Crippen LogP contribution in [-0.2, 0) is 4.79 Å². The van der Waals surface area contributed by atoms with Gasteiger partial charge in [0.05, 0.1) is 5.25 Å². The number of thioether (sulfide) groups is 1. The van der Waals surface area contributed by atoms with Gasteiger partial charge in [-0.15, -0.1) is 5.10 Å². The summed E-state index contributed by atoms with van der Waals surface area (Å²) >= 11 is 1.21. The molecule has 6 nitrogen and oxygen atoms in total. The van der Waals surface area contributed by atoms with Crippen molar-refractivity contribution in [3.8, 4) is 0 Å². The minimum atomic E-state index is -0.494. The second-order valence-electron chi connectivity index (χ2n) is 7.29. The minimum absolute atomic E-state index is 0.275. The zero-order valence-electron chi connectivity index (χ0n) is 17.0. The molecule has 1 unspecified atom stereocenters. The molecule has 0 spiro atoms. The smallest absolute Gasteiger partial charge is 0.260 e. The average molecular weight is 455 g/mol. The van der Waals surface area contributed by atoms with Gasteiger partial charge in [0.15, 0.2) is 0 Å². The van der Waals surface area contributed by atoms with E-state index in [1.807, 2.05) is 0 Å². The van der Waals surface area contributed by atoms with E-state index >= 15 is 0 Å². The Kier molecular flexibility index (Phi) is 6.75. The zero-order valence-corrected chi connectivity index (χ0v) is 17.8. The van der Waals surface area contributed by atoms with Gasteiger partial charge in [-0.2, -0.15) is 0 Å². The third-order valence-corrected chi connectivity index (χ3v) is 6.12. The summed E-state index contributed by atoms with van der Waals surface area (Å²) in [6.07, 6.45) is 5.58. The highest BCUT2D eigenvalue weighted by Gasteiger charge is 2.33. The maximum absolute atomic E-state index is 13.2. The van der Waals surface area contributed by atoms with E-state index in [-0.39, 0.29) is 17.3 Å². The lowest BCUT2D eigenvalue weighted by Gasteiger charge is -2.21. The van der Waals surface area contributed by atoms with Crippen molar-refractivity contribution in [3.63, 3.8) is 0 Å². The van der Waals surface area contributed by atoms with Gasteiger partial charge < -0.3 is 0 Å². The van der Waals surface area contributed by atoms with Gasteiger partial charge >= 0.3 is 0 Å². The van der Waals surface area contributed by atoms with Crippen molar-refractivity contribution < 1.29 is 18.4 Å². The highest BCUT2D eigenvalue weighted by Crippen LogP contribution is 2.29. The van der Waals surface area contributed by atoms with Crippen LogP contribution < -0.4 is 0 Å². The number of carbonyl (C=O) groups is 2. The van der Waals surface area contributed by atoms with E-state index in [4.69, 9.17) is 0 Å². The molecule has 0 aliphatic carbocycles. The first-order valence-electron chi connectivity index (χ1n) is 10.1. The van der Waals surface area contributed by atoms with Crippen molar-refractivity contribution in [2.45, 2.75) is 29.7 Å². The van der Waals surface area contributed by atoms with E-state index in [2.05, 4.69) is 15.2 Å². The van der Waals surface area contributed by atoms with Gasteiger partial charge in [-0.05, 0) is 60.9 Å². The number of carbonyl (C=O) groups excluding carboxylic acids is 2. The highest BCUT2D eigenvalue weighted by atomic mass is 32.2. The maximum Gasteiger partial charge on any atom is 0.260 e. The van der Waals surface area contributed by atoms with Crippen LogP contribution in [0.4, 0.5) is 8.78 Å². The number of aromatic amines is 1. The Morgan fingerprint density at radius 3 is 2.44 bits per heavy atom. The first-order valence-corrected chi connectivity index (χ1v) is 11.0. The van der Waals surface area contributed by atoms with Gasteiger partial charge in [-0.25, -0.2) is 13.8 Å². The number of benzene rings is 2. The molecule has 1 aliphatic heterocycles. The van der Waals surface area contributed by atoms with Crippen LogP contribution in [0.25, 0.3) is 12.2 Å². The molecule has 2 aromatic carbocycles. The molecule has 4 rings (SSSR count). The van der Waals surface area contributed by atoms with E-state index < -0.39 is 17.0 Å². The lowest BCUT2D eigenvalue weighted by Crippen LogP contribution is -2.41. The quantitative estimate of drug-likeness (QED) is 0.572. The number of halogens is 2. The molecule has 0 radical (unpaired) electrons. The van der Waals surface area contributed by atoms with Gasteiger partial charge in [0.1, 0.15) is 17.5 Å². The first kappa shape index (κ1) is 21.9. The number of nitrogens with zero attached hydrogens (tertiary/aromatic N) is 3. The topological polar surface area (TPSA) is 79.0 Å². The van der Waals surface area contributed by atoms with Gasteiger partial charge in [0, 0.05) is 12.1 Å². The molecule has 0 saturated carbocycles. The van der Waals surface area contributed by atoms with Crippen molar-refractivity contribution in [3.05, 3.63) is 77.1 Å². The van der Waals surface area contributed by atoms with E-state index in [1.54, 1.807) is 24.3 Å². The van der Waals surface area contributed by atoms with E-state index in [1.165, 1.54) is 53.1 Å². The fourth-order valence-corrected chi connectivity index (χ4v) is 4.34. The lowest BCUT2D eigenvalue weighted by atomic mass is 10.2. The van der Waals surface area contributed by atoms with Crippen LogP contribution in [0.1, 0.15) is 41.0 Å². The van der Waals surface area contributed by atoms with E-state index in [0.717, 1.165) is 12.0 Å². The van der Waals surface area contributed by atoms with Crippen LogP contribution in [0.3, 0.4) is 0 Å². The van der Waals surface area contributed by atoms with Gasteiger partial charge in [0.25, 0.3) is 5.91 Å². The number of hydrogen-bond acceptors (Lipinski definition) is 5. The molecule has 1 fully saturated rings. The molecule has 164 valence electrons. The average Bonchev–Trinajstić information content (AvgIpc) is 3.17. The number of nitrogens with one attached hydrogen (secondary N) is 1. The van der Waals surface area contributed by atoms with Crippen LogP contribution in [0.5, 0.6) is 0 Å². The fourth-order valence-electron chi connectivity index (χ4n) is 3.33. The van der Waals surface area contributed by atoms with Crippen molar-refractivity contribution in [1.29, 1.82) is 0 Å². The molecule has 1 atom stereocenters. The standard InChI is InChI=1S/C23H20F2N4O2S/c24-17-9-4-15(5-10-17)6-13-20-26-23(28-27-20)32-19-3-1-2-14-29(22(19)31)21(30)16-7-11-18(25)12-8-16/h4-13,19H,1-3,14H2,(H,26,27,28)/b13-6+. The number of likely N-dealkylation sites (tertiary alicyclic amines) is 1.